The van der Waals surface area contributed by atoms with Gasteiger partial charge in [0.15, 0.2) is 0 Å². The first-order valence-corrected chi connectivity index (χ1v) is 7.40. The highest BCUT2D eigenvalue weighted by molar-refractivity contribution is 5.94. The lowest BCUT2D eigenvalue weighted by Crippen LogP contribution is -2.45. The highest BCUT2D eigenvalue weighted by Gasteiger charge is 2.22. The fourth-order valence-electron chi connectivity index (χ4n) is 1.75. The molecule has 1 N–H and O–H groups in total. The summed E-state index contributed by atoms with van der Waals surface area (Å²) >= 11 is 0. The predicted molar refractivity (Wildman–Crippen MR) is 82.6 cm³/mol. The second-order valence-corrected chi connectivity index (χ2v) is 6.60. The molecular formula is C15H31N3O2. The summed E-state index contributed by atoms with van der Waals surface area (Å²) in [4.78, 5) is 27.6. The van der Waals surface area contributed by atoms with Gasteiger partial charge in [0.05, 0.1) is 0 Å². The Labute approximate surface area is 123 Å². The van der Waals surface area contributed by atoms with Gasteiger partial charge >= 0.3 is 6.03 Å². The molecule has 5 nitrogen and oxygen atoms in total. The van der Waals surface area contributed by atoms with E-state index in [1.54, 1.807) is 0 Å². The predicted octanol–water partition coefficient (Wildman–Crippen LogP) is 2.32. The Morgan fingerprint density at radius 2 is 1.70 bits per heavy atom. The Morgan fingerprint density at radius 3 is 2.15 bits per heavy atom. The second-order valence-electron chi connectivity index (χ2n) is 6.60. The number of carbonyl (C=O) groups excluding carboxylic acids is 2. The van der Waals surface area contributed by atoms with Crippen molar-refractivity contribution in [1.82, 2.24) is 15.1 Å². The number of rotatable bonds is 7. The molecule has 0 unspecified atom stereocenters. The van der Waals surface area contributed by atoms with E-state index >= 15 is 0 Å². The van der Waals surface area contributed by atoms with Gasteiger partial charge in [0.2, 0.25) is 5.91 Å². The molecule has 0 saturated heterocycles. The van der Waals surface area contributed by atoms with E-state index in [4.69, 9.17) is 0 Å². The van der Waals surface area contributed by atoms with Gasteiger partial charge in [-0.1, -0.05) is 20.8 Å². The van der Waals surface area contributed by atoms with E-state index in [0.29, 0.717) is 19.5 Å². The normalized spacial score (nSPS) is 11.6. The van der Waals surface area contributed by atoms with Gasteiger partial charge in [-0.25, -0.2) is 4.79 Å². The van der Waals surface area contributed by atoms with Crippen molar-refractivity contribution in [2.45, 2.75) is 47.0 Å². The van der Waals surface area contributed by atoms with Gasteiger partial charge in [-0.05, 0) is 45.8 Å². The van der Waals surface area contributed by atoms with Gasteiger partial charge in [0, 0.05) is 19.5 Å². The van der Waals surface area contributed by atoms with E-state index < -0.39 is 0 Å². The number of urea groups is 1. The van der Waals surface area contributed by atoms with Crippen molar-refractivity contribution in [1.29, 1.82) is 0 Å². The van der Waals surface area contributed by atoms with Crippen LogP contribution < -0.4 is 5.32 Å². The van der Waals surface area contributed by atoms with Crippen molar-refractivity contribution < 1.29 is 9.59 Å². The van der Waals surface area contributed by atoms with E-state index in [9.17, 15) is 9.59 Å². The SMILES string of the molecule is CCNC(=O)N(CCCN(C)C)C(=O)CCC(C)(C)C. The monoisotopic (exact) mass is 285 g/mol. The largest absolute Gasteiger partial charge is 0.338 e. The van der Waals surface area contributed by atoms with E-state index in [1.165, 1.54) is 4.90 Å². The molecule has 0 heterocycles. The number of hydrogen-bond donors (Lipinski definition) is 1. The number of hydrogen-bond acceptors (Lipinski definition) is 3. The van der Waals surface area contributed by atoms with Crippen molar-refractivity contribution in [2.75, 3.05) is 33.7 Å². The van der Waals surface area contributed by atoms with Crippen molar-refractivity contribution in [3.05, 3.63) is 0 Å². The third-order valence-corrected chi connectivity index (χ3v) is 2.95. The molecule has 0 fully saturated rings. The fourth-order valence-corrected chi connectivity index (χ4v) is 1.75. The van der Waals surface area contributed by atoms with E-state index in [-0.39, 0.29) is 17.4 Å². The Balaban J connectivity index is 4.50. The van der Waals surface area contributed by atoms with Crippen LogP contribution in [0.25, 0.3) is 0 Å². The van der Waals surface area contributed by atoms with Crippen molar-refractivity contribution in [2.24, 2.45) is 5.41 Å². The molecule has 118 valence electrons. The molecule has 0 aromatic rings. The molecule has 0 bridgehead atoms. The van der Waals surface area contributed by atoms with Crippen molar-refractivity contribution >= 4 is 11.9 Å². The Bertz CT molecular complexity index is 309. The first kappa shape index (κ1) is 18.9. The van der Waals surface area contributed by atoms with Crippen molar-refractivity contribution in [3.63, 3.8) is 0 Å². The van der Waals surface area contributed by atoms with Crippen molar-refractivity contribution in [3.8, 4) is 0 Å². The van der Waals surface area contributed by atoms with E-state index in [1.807, 2.05) is 21.0 Å². The molecule has 20 heavy (non-hydrogen) atoms. The number of amides is 3. The van der Waals surface area contributed by atoms with Crippen LogP contribution in [0.1, 0.15) is 47.0 Å². The zero-order valence-corrected chi connectivity index (χ0v) is 14.0. The summed E-state index contributed by atoms with van der Waals surface area (Å²) < 4.78 is 0. The first-order chi connectivity index (χ1) is 9.17. The lowest BCUT2D eigenvalue weighted by atomic mass is 9.90. The second kappa shape index (κ2) is 8.95. The molecule has 0 aliphatic heterocycles. The number of imide groups is 1. The minimum absolute atomic E-state index is 0.0790. The molecular weight excluding hydrogens is 254 g/mol. The Morgan fingerprint density at radius 1 is 1.10 bits per heavy atom. The van der Waals surface area contributed by atoms with Gasteiger partial charge < -0.3 is 10.2 Å². The van der Waals surface area contributed by atoms with Crippen LogP contribution in [0.4, 0.5) is 4.79 Å². The highest BCUT2D eigenvalue weighted by Crippen LogP contribution is 2.21. The zero-order chi connectivity index (χ0) is 15.8. The van der Waals surface area contributed by atoms with Crippen LogP contribution >= 0.6 is 0 Å². The zero-order valence-electron chi connectivity index (χ0n) is 14.0. The summed E-state index contributed by atoms with van der Waals surface area (Å²) in [6, 6.07) is -0.273. The maximum absolute atomic E-state index is 12.2. The lowest BCUT2D eigenvalue weighted by Gasteiger charge is -2.24. The highest BCUT2D eigenvalue weighted by atomic mass is 16.2. The maximum atomic E-state index is 12.2. The maximum Gasteiger partial charge on any atom is 0.324 e. The third kappa shape index (κ3) is 8.91. The molecule has 3 amide bonds. The molecule has 0 radical (unpaired) electrons. The lowest BCUT2D eigenvalue weighted by molar-refractivity contribution is -0.128. The molecule has 5 heteroatoms. The van der Waals surface area contributed by atoms with Gasteiger partial charge in [-0.15, -0.1) is 0 Å². The Kier molecular flexibility index (Phi) is 8.46. The summed E-state index contributed by atoms with van der Waals surface area (Å²) in [6.07, 6.45) is 2.00. The van der Waals surface area contributed by atoms with Gasteiger partial charge in [-0.2, -0.15) is 0 Å². The number of nitrogens with one attached hydrogen (secondary N) is 1. The average Bonchev–Trinajstić information content (AvgIpc) is 2.30. The van der Waals surface area contributed by atoms with Gasteiger partial charge in [0.1, 0.15) is 0 Å². The van der Waals surface area contributed by atoms with Crippen LogP contribution in [0, 0.1) is 5.41 Å². The summed E-state index contributed by atoms with van der Waals surface area (Å²) in [5, 5.41) is 2.71. The first-order valence-electron chi connectivity index (χ1n) is 7.40. The molecule has 0 aromatic heterocycles. The summed E-state index contributed by atoms with van der Waals surface area (Å²) in [7, 11) is 3.97. The summed E-state index contributed by atoms with van der Waals surface area (Å²) in [5.74, 6) is -0.0790. The van der Waals surface area contributed by atoms with E-state index in [2.05, 4.69) is 31.0 Å². The minimum atomic E-state index is -0.273. The Hall–Kier alpha value is -1.10. The topological polar surface area (TPSA) is 52.7 Å². The quantitative estimate of drug-likeness (QED) is 0.781. The standard InChI is InChI=1S/C15H31N3O2/c1-7-16-14(20)18(12-8-11-17(5)6)13(19)9-10-15(2,3)4/h7-12H2,1-6H3,(H,16,20). The molecule has 0 aliphatic carbocycles. The van der Waals surface area contributed by atoms with Crippen LogP contribution in [-0.4, -0.2) is 55.5 Å². The average molecular weight is 285 g/mol. The molecule has 0 saturated carbocycles. The number of nitrogens with zero attached hydrogens (tertiary/aromatic N) is 2. The number of carbonyl (C=O) groups is 2. The fraction of sp³-hybridized carbons (Fsp3) is 0.867. The molecule has 0 spiro atoms. The molecule has 0 atom stereocenters. The van der Waals surface area contributed by atoms with Crippen LogP contribution in [-0.2, 0) is 4.79 Å². The van der Waals surface area contributed by atoms with Crippen LogP contribution in [0.3, 0.4) is 0 Å². The smallest absolute Gasteiger partial charge is 0.324 e. The van der Waals surface area contributed by atoms with Gasteiger partial charge in [-0.3, -0.25) is 9.69 Å². The van der Waals surface area contributed by atoms with Crippen LogP contribution in [0.5, 0.6) is 0 Å². The minimum Gasteiger partial charge on any atom is -0.338 e. The van der Waals surface area contributed by atoms with Crippen LogP contribution in [0.15, 0.2) is 0 Å². The molecule has 0 aliphatic rings. The molecule has 0 aromatic carbocycles. The van der Waals surface area contributed by atoms with Crippen LogP contribution in [0.2, 0.25) is 0 Å². The molecule has 0 rings (SSSR count). The third-order valence-electron chi connectivity index (χ3n) is 2.95. The summed E-state index contributed by atoms with van der Waals surface area (Å²) in [6.45, 7) is 10.0. The summed E-state index contributed by atoms with van der Waals surface area (Å²) in [5.41, 5.74) is 0.103. The van der Waals surface area contributed by atoms with E-state index in [0.717, 1.165) is 19.4 Å². The van der Waals surface area contributed by atoms with Gasteiger partial charge in [0.25, 0.3) is 0 Å².